The number of esters is 1. The summed E-state index contributed by atoms with van der Waals surface area (Å²) in [6.45, 7) is 0. The quantitative estimate of drug-likeness (QED) is 0.442. The monoisotopic (exact) mass is 362 g/mol. The Morgan fingerprint density at radius 2 is 1.67 bits per heavy atom. The smallest absolute Gasteiger partial charge is 0.340 e. The van der Waals surface area contributed by atoms with E-state index in [-0.39, 0.29) is 31.9 Å². The van der Waals surface area contributed by atoms with Crippen LogP contribution in [0, 0.1) is 0 Å². The fourth-order valence-corrected chi connectivity index (χ4v) is 3.36. The molecule has 0 saturated heterocycles. The third kappa shape index (κ3) is 2.16. The van der Waals surface area contributed by atoms with E-state index in [1.54, 1.807) is 0 Å². The SMILES string of the molecule is O=C1OC(Cl)(c2ccc(O)cc2)c2c1cc(Cl)c(Cl)c2Cl. The Morgan fingerprint density at radius 3 is 2.29 bits per heavy atom. The second kappa shape index (κ2) is 4.96. The highest BCUT2D eigenvalue weighted by atomic mass is 35.5. The van der Waals surface area contributed by atoms with Crippen LogP contribution in [-0.2, 0) is 9.80 Å². The first kappa shape index (κ1) is 14.8. The number of hydrogen-bond acceptors (Lipinski definition) is 3. The number of cyclic esters (lactones) is 1. The number of carbonyl (C=O) groups is 1. The molecule has 1 aliphatic rings. The van der Waals surface area contributed by atoms with Gasteiger partial charge in [0.2, 0.25) is 5.06 Å². The first-order valence-corrected chi connectivity index (χ1v) is 7.25. The molecule has 0 aromatic heterocycles. The van der Waals surface area contributed by atoms with E-state index in [1.807, 2.05) is 0 Å². The standard InChI is InChI=1S/C14H6Cl4O3/c15-9-5-8-10(12(17)11(9)16)14(18,21-13(8)20)6-1-3-7(19)4-2-6/h1-5,19H. The van der Waals surface area contributed by atoms with Crippen molar-refractivity contribution < 1.29 is 14.6 Å². The normalized spacial score (nSPS) is 20.3. The molecular formula is C14H6Cl4O3. The van der Waals surface area contributed by atoms with Crippen molar-refractivity contribution in [3.05, 3.63) is 62.1 Å². The van der Waals surface area contributed by atoms with Gasteiger partial charge in [0.25, 0.3) is 0 Å². The molecule has 1 heterocycles. The topological polar surface area (TPSA) is 46.5 Å². The number of phenolic OH excluding ortho intramolecular Hbond substituents is 1. The summed E-state index contributed by atoms with van der Waals surface area (Å²) in [4.78, 5) is 12.0. The van der Waals surface area contributed by atoms with Gasteiger partial charge in [-0.1, -0.05) is 46.4 Å². The van der Waals surface area contributed by atoms with E-state index in [0.717, 1.165) is 0 Å². The third-order valence-corrected chi connectivity index (χ3v) is 4.92. The highest BCUT2D eigenvalue weighted by Crippen LogP contribution is 2.51. The number of rotatable bonds is 1. The van der Waals surface area contributed by atoms with Crippen LogP contribution in [0.1, 0.15) is 21.5 Å². The molecule has 0 aliphatic carbocycles. The molecule has 0 radical (unpaired) electrons. The number of benzene rings is 2. The second-order valence-corrected chi connectivity index (χ2v) is 6.14. The zero-order valence-corrected chi connectivity index (χ0v) is 13.2. The van der Waals surface area contributed by atoms with Crippen molar-refractivity contribution in [3.8, 4) is 5.75 Å². The molecule has 2 aromatic carbocycles. The lowest BCUT2D eigenvalue weighted by atomic mass is 9.98. The Labute approximate surface area is 139 Å². The molecular weight excluding hydrogens is 358 g/mol. The minimum atomic E-state index is -1.61. The molecule has 2 aromatic rings. The van der Waals surface area contributed by atoms with Crippen molar-refractivity contribution in [2.75, 3.05) is 0 Å². The maximum Gasteiger partial charge on any atom is 0.340 e. The van der Waals surface area contributed by atoms with Gasteiger partial charge in [0.15, 0.2) is 0 Å². The summed E-state index contributed by atoms with van der Waals surface area (Å²) in [5.41, 5.74) is 0.850. The summed E-state index contributed by atoms with van der Waals surface area (Å²) < 4.78 is 5.28. The van der Waals surface area contributed by atoms with Crippen molar-refractivity contribution in [3.63, 3.8) is 0 Å². The van der Waals surface area contributed by atoms with Crippen molar-refractivity contribution in [1.82, 2.24) is 0 Å². The lowest BCUT2D eigenvalue weighted by Crippen LogP contribution is -2.20. The molecule has 0 spiro atoms. The Hall–Kier alpha value is -1.13. The Bertz CT molecular complexity index is 758. The summed E-state index contributed by atoms with van der Waals surface area (Å²) in [5.74, 6) is -0.586. The Morgan fingerprint density at radius 1 is 1.05 bits per heavy atom. The molecule has 3 nitrogen and oxygen atoms in total. The third-order valence-electron chi connectivity index (χ3n) is 3.18. The van der Waals surface area contributed by atoms with Crippen LogP contribution in [0.15, 0.2) is 30.3 Å². The van der Waals surface area contributed by atoms with Crippen molar-refractivity contribution in [1.29, 1.82) is 0 Å². The predicted molar refractivity (Wildman–Crippen MR) is 81.6 cm³/mol. The average molecular weight is 364 g/mol. The predicted octanol–water partition coefficient (Wildman–Crippen LogP) is 4.96. The van der Waals surface area contributed by atoms with Crippen molar-refractivity contribution >= 4 is 52.4 Å². The van der Waals surface area contributed by atoms with Gasteiger partial charge < -0.3 is 9.84 Å². The van der Waals surface area contributed by atoms with Crippen LogP contribution in [0.3, 0.4) is 0 Å². The fourth-order valence-electron chi connectivity index (χ4n) is 2.18. The van der Waals surface area contributed by atoms with E-state index >= 15 is 0 Å². The molecule has 0 saturated carbocycles. The number of aromatic hydroxyl groups is 1. The molecule has 1 aliphatic heterocycles. The number of alkyl halides is 1. The summed E-state index contributed by atoms with van der Waals surface area (Å²) >= 11 is 24.6. The van der Waals surface area contributed by atoms with Crippen LogP contribution < -0.4 is 0 Å². The molecule has 1 N–H and O–H groups in total. The Kier molecular flexibility index (Phi) is 3.49. The van der Waals surface area contributed by atoms with Crippen LogP contribution in [0.5, 0.6) is 5.75 Å². The van der Waals surface area contributed by atoms with E-state index in [4.69, 9.17) is 51.1 Å². The lowest BCUT2D eigenvalue weighted by Gasteiger charge is -2.23. The number of hydrogen-bond donors (Lipinski definition) is 1. The molecule has 1 unspecified atom stereocenters. The molecule has 0 fully saturated rings. The largest absolute Gasteiger partial charge is 0.508 e. The number of halogens is 4. The number of carbonyl (C=O) groups excluding carboxylic acids is 1. The van der Waals surface area contributed by atoms with E-state index in [1.165, 1.54) is 30.3 Å². The van der Waals surface area contributed by atoms with Gasteiger partial charge >= 0.3 is 5.97 Å². The number of fused-ring (bicyclic) bond motifs is 1. The van der Waals surface area contributed by atoms with Crippen molar-refractivity contribution in [2.45, 2.75) is 5.06 Å². The lowest BCUT2D eigenvalue weighted by molar-refractivity contribution is 0.0366. The van der Waals surface area contributed by atoms with Gasteiger partial charge in [-0.3, -0.25) is 0 Å². The van der Waals surface area contributed by atoms with Crippen LogP contribution in [-0.4, -0.2) is 11.1 Å². The Balaban J connectivity index is 2.28. The van der Waals surface area contributed by atoms with Crippen LogP contribution in [0.25, 0.3) is 0 Å². The highest BCUT2D eigenvalue weighted by molar-refractivity contribution is 6.49. The first-order valence-electron chi connectivity index (χ1n) is 5.74. The summed E-state index contributed by atoms with van der Waals surface area (Å²) in [7, 11) is 0. The number of ether oxygens (including phenoxy) is 1. The number of phenols is 1. The molecule has 7 heteroatoms. The minimum Gasteiger partial charge on any atom is -0.508 e. The minimum absolute atomic E-state index is 0.0591. The van der Waals surface area contributed by atoms with Crippen LogP contribution >= 0.6 is 46.4 Å². The van der Waals surface area contributed by atoms with Gasteiger partial charge in [-0.2, -0.15) is 0 Å². The average Bonchev–Trinajstić information content (AvgIpc) is 2.69. The van der Waals surface area contributed by atoms with E-state index in [9.17, 15) is 9.90 Å². The maximum atomic E-state index is 12.0. The fraction of sp³-hybridized carbons (Fsp3) is 0.0714. The summed E-state index contributed by atoms with van der Waals surface area (Å²) in [5, 5.41) is 8.05. The highest BCUT2D eigenvalue weighted by Gasteiger charge is 2.48. The van der Waals surface area contributed by atoms with E-state index in [0.29, 0.717) is 5.56 Å². The maximum absolute atomic E-state index is 12.0. The van der Waals surface area contributed by atoms with Gasteiger partial charge in [0.05, 0.1) is 26.2 Å². The van der Waals surface area contributed by atoms with Gasteiger partial charge in [0.1, 0.15) is 5.75 Å². The molecule has 108 valence electrons. The second-order valence-electron chi connectivity index (χ2n) is 4.44. The van der Waals surface area contributed by atoms with Gasteiger partial charge in [-0.15, -0.1) is 0 Å². The first-order chi connectivity index (χ1) is 9.84. The summed E-state index contributed by atoms with van der Waals surface area (Å²) in [6.07, 6.45) is 0. The molecule has 0 amide bonds. The summed E-state index contributed by atoms with van der Waals surface area (Å²) in [6, 6.07) is 7.29. The van der Waals surface area contributed by atoms with Crippen LogP contribution in [0.2, 0.25) is 15.1 Å². The van der Waals surface area contributed by atoms with Gasteiger partial charge in [0, 0.05) is 5.56 Å². The van der Waals surface area contributed by atoms with Gasteiger partial charge in [-0.25, -0.2) is 4.79 Å². The van der Waals surface area contributed by atoms with Crippen molar-refractivity contribution in [2.24, 2.45) is 0 Å². The van der Waals surface area contributed by atoms with E-state index in [2.05, 4.69) is 0 Å². The molecule has 3 rings (SSSR count). The zero-order chi connectivity index (χ0) is 15.4. The van der Waals surface area contributed by atoms with Gasteiger partial charge in [-0.05, 0) is 30.3 Å². The molecule has 21 heavy (non-hydrogen) atoms. The van der Waals surface area contributed by atoms with E-state index < -0.39 is 11.0 Å². The molecule has 1 atom stereocenters. The van der Waals surface area contributed by atoms with Crippen LogP contribution in [0.4, 0.5) is 0 Å². The zero-order valence-electron chi connectivity index (χ0n) is 10.2. The molecule has 0 bridgehead atoms.